The van der Waals surface area contributed by atoms with Crippen LogP contribution < -0.4 is 5.32 Å². The monoisotopic (exact) mass is 450 g/mol. The van der Waals surface area contributed by atoms with E-state index in [4.69, 9.17) is 9.84 Å². The van der Waals surface area contributed by atoms with Crippen LogP contribution in [0.5, 0.6) is 0 Å². The Kier molecular flexibility index (Phi) is 11.8. The Hall–Kier alpha value is -2.74. The highest BCUT2D eigenvalue weighted by Gasteiger charge is 2.48. The second-order valence-corrected chi connectivity index (χ2v) is 7.86. The molecule has 1 aromatic rings. The van der Waals surface area contributed by atoms with E-state index in [2.05, 4.69) is 5.32 Å². The topological polar surface area (TPSA) is 113 Å². The zero-order valence-electron chi connectivity index (χ0n) is 20.6. The number of hydrogen-bond acceptors (Lipinski definition) is 5. The Bertz CT molecular complexity index is 784. The van der Waals surface area contributed by atoms with Gasteiger partial charge in [-0.25, -0.2) is 4.79 Å². The van der Waals surface area contributed by atoms with Gasteiger partial charge in [-0.3, -0.25) is 19.3 Å². The van der Waals surface area contributed by atoms with Gasteiger partial charge in [-0.05, 0) is 17.7 Å². The number of hydrogen-bond donors (Lipinski definition) is 2. The maximum Gasteiger partial charge on any atom is 0.329 e. The summed E-state index contributed by atoms with van der Waals surface area (Å²) in [6, 6.07) is 7.06. The molecule has 1 aliphatic rings. The highest BCUT2D eigenvalue weighted by Crippen LogP contribution is 2.43. The minimum Gasteiger partial charge on any atom is -0.480 e. The summed E-state index contributed by atoms with van der Waals surface area (Å²) < 4.78 is 4.74. The number of rotatable bonds is 8. The van der Waals surface area contributed by atoms with Crippen LogP contribution in [-0.4, -0.2) is 53.5 Å². The number of carbonyl (C=O) groups excluding carboxylic acids is 3. The van der Waals surface area contributed by atoms with Crippen LogP contribution in [-0.2, 0) is 29.3 Å². The number of ether oxygens (including phenoxy) is 1. The number of anilines is 1. The average Bonchev–Trinajstić information content (AvgIpc) is 2.75. The molecule has 1 saturated heterocycles. The van der Waals surface area contributed by atoms with Gasteiger partial charge in [0.25, 0.3) is 0 Å². The van der Waals surface area contributed by atoms with E-state index in [-0.39, 0.29) is 18.4 Å². The first-order valence-corrected chi connectivity index (χ1v) is 11.0. The van der Waals surface area contributed by atoms with Gasteiger partial charge in [0.1, 0.15) is 13.2 Å². The van der Waals surface area contributed by atoms with Crippen LogP contribution in [0.1, 0.15) is 67.4 Å². The summed E-state index contributed by atoms with van der Waals surface area (Å²) in [6.07, 6.45) is 0.410. The van der Waals surface area contributed by atoms with Crippen LogP contribution in [0.15, 0.2) is 24.3 Å². The molecule has 1 aliphatic heterocycles. The number of nitrogens with one attached hydrogen (secondary N) is 1. The van der Waals surface area contributed by atoms with E-state index in [1.807, 2.05) is 67.5 Å². The summed E-state index contributed by atoms with van der Waals surface area (Å²) in [7, 11) is 0. The third kappa shape index (κ3) is 7.15. The van der Waals surface area contributed by atoms with E-state index in [0.29, 0.717) is 18.7 Å². The Balaban J connectivity index is 0.00000227. The maximum atomic E-state index is 12.8. The number of nitrogens with zero attached hydrogens (tertiary/aromatic N) is 1. The number of β-lactam (4-membered cyclic amide) rings is 1. The largest absolute Gasteiger partial charge is 0.480 e. The fraction of sp³-hybridized carbons (Fsp3) is 0.583. The van der Waals surface area contributed by atoms with Gasteiger partial charge in [-0.2, -0.15) is 0 Å². The van der Waals surface area contributed by atoms with Crippen LogP contribution in [0.25, 0.3) is 0 Å². The predicted molar refractivity (Wildman–Crippen MR) is 124 cm³/mol. The Morgan fingerprint density at radius 1 is 1.00 bits per heavy atom. The van der Waals surface area contributed by atoms with Gasteiger partial charge >= 0.3 is 5.97 Å². The molecular formula is C24H38N2O6. The summed E-state index contributed by atoms with van der Waals surface area (Å²) >= 11 is 0. The van der Waals surface area contributed by atoms with Crippen LogP contribution in [0.3, 0.4) is 0 Å². The highest BCUT2D eigenvalue weighted by molar-refractivity contribution is 6.02. The highest BCUT2D eigenvalue weighted by atomic mass is 16.5. The van der Waals surface area contributed by atoms with E-state index < -0.39 is 29.3 Å². The van der Waals surface area contributed by atoms with Crippen LogP contribution in [0.2, 0.25) is 0 Å². The van der Waals surface area contributed by atoms with Crippen molar-refractivity contribution in [1.82, 2.24) is 4.90 Å². The predicted octanol–water partition coefficient (Wildman–Crippen LogP) is 3.84. The maximum absolute atomic E-state index is 12.8. The summed E-state index contributed by atoms with van der Waals surface area (Å²) in [4.78, 5) is 47.9. The molecular weight excluding hydrogens is 412 g/mol. The molecule has 2 N–H and O–H groups in total. The van der Waals surface area contributed by atoms with Gasteiger partial charge < -0.3 is 15.2 Å². The fourth-order valence-electron chi connectivity index (χ4n) is 2.89. The van der Waals surface area contributed by atoms with Crippen molar-refractivity contribution in [2.45, 2.75) is 67.2 Å². The smallest absolute Gasteiger partial charge is 0.329 e. The molecule has 0 saturated carbocycles. The molecule has 3 amide bonds. The van der Waals surface area contributed by atoms with E-state index in [1.165, 1.54) is 4.90 Å². The lowest BCUT2D eigenvalue weighted by Gasteiger charge is -2.45. The lowest BCUT2D eigenvalue weighted by molar-refractivity contribution is -0.160. The van der Waals surface area contributed by atoms with E-state index in [9.17, 15) is 19.2 Å². The quantitative estimate of drug-likeness (QED) is 0.582. The zero-order chi connectivity index (χ0) is 25.1. The number of likely N-dealkylation sites (tertiary alicyclic amines) is 1. The molecule has 1 aromatic carbocycles. The number of aliphatic carboxylic acids is 1. The van der Waals surface area contributed by atoms with Gasteiger partial charge in [-0.15, -0.1) is 0 Å². The second-order valence-electron chi connectivity index (χ2n) is 7.86. The number of imide groups is 1. The SMILES string of the molecule is CC.CC.CC(C)(C(=O)N1CCC1=O)C(C)(C)c1ccc(NC(=O)COCC(=O)O)cc1. The third-order valence-electron chi connectivity index (χ3n) is 5.54. The lowest BCUT2D eigenvalue weighted by atomic mass is 9.63. The van der Waals surface area contributed by atoms with Crippen molar-refractivity contribution < 1.29 is 29.0 Å². The summed E-state index contributed by atoms with van der Waals surface area (Å²) in [5.41, 5.74) is 0.0514. The number of carboxylic acid groups (broad SMARTS) is 1. The van der Waals surface area contributed by atoms with E-state index in [0.717, 1.165) is 5.56 Å². The van der Waals surface area contributed by atoms with Crippen molar-refractivity contribution in [3.63, 3.8) is 0 Å². The van der Waals surface area contributed by atoms with Crippen LogP contribution in [0.4, 0.5) is 5.69 Å². The number of benzene rings is 1. The number of carboxylic acids is 1. The zero-order valence-corrected chi connectivity index (χ0v) is 20.6. The average molecular weight is 451 g/mol. The van der Waals surface area contributed by atoms with Gasteiger partial charge in [0.15, 0.2) is 0 Å². The Morgan fingerprint density at radius 3 is 1.94 bits per heavy atom. The van der Waals surface area contributed by atoms with Gasteiger partial charge in [0, 0.05) is 24.1 Å². The molecule has 0 atom stereocenters. The van der Waals surface area contributed by atoms with E-state index in [1.54, 1.807) is 12.1 Å². The summed E-state index contributed by atoms with van der Waals surface area (Å²) in [5, 5.41) is 11.1. The number of carbonyl (C=O) groups is 4. The molecule has 0 unspecified atom stereocenters. The Morgan fingerprint density at radius 2 is 1.53 bits per heavy atom. The fourth-order valence-corrected chi connectivity index (χ4v) is 2.89. The Labute approximate surface area is 191 Å². The molecule has 1 fully saturated rings. The summed E-state index contributed by atoms with van der Waals surface area (Å²) in [6.45, 7) is 15.1. The van der Waals surface area contributed by atoms with Gasteiger partial charge in [0.2, 0.25) is 17.7 Å². The molecule has 8 nitrogen and oxygen atoms in total. The van der Waals surface area contributed by atoms with Crippen molar-refractivity contribution in [2.24, 2.45) is 5.41 Å². The molecule has 180 valence electrons. The minimum atomic E-state index is -1.14. The third-order valence-corrected chi connectivity index (χ3v) is 5.54. The molecule has 0 aliphatic carbocycles. The number of amides is 3. The van der Waals surface area contributed by atoms with Crippen molar-refractivity contribution >= 4 is 29.4 Å². The first kappa shape index (κ1) is 29.3. The van der Waals surface area contributed by atoms with Crippen molar-refractivity contribution in [2.75, 3.05) is 25.1 Å². The molecule has 0 radical (unpaired) electrons. The molecule has 8 heteroatoms. The van der Waals surface area contributed by atoms with Crippen molar-refractivity contribution in [3.8, 4) is 0 Å². The first-order valence-electron chi connectivity index (χ1n) is 11.0. The molecule has 0 aromatic heterocycles. The van der Waals surface area contributed by atoms with Crippen LogP contribution >= 0.6 is 0 Å². The second kappa shape index (κ2) is 13.0. The molecule has 1 heterocycles. The summed E-state index contributed by atoms with van der Waals surface area (Å²) in [5.74, 6) is -1.93. The van der Waals surface area contributed by atoms with Gasteiger partial charge in [0.05, 0.1) is 5.41 Å². The van der Waals surface area contributed by atoms with E-state index >= 15 is 0 Å². The molecule has 2 rings (SSSR count). The van der Waals surface area contributed by atoms with Crippen molar-refractivity contribution in [3.05, 3.63) is 29.8 Å². The van der Waals surface area contributed by atoms with Crippen LogP contribution in [0, 0.1) is 5.41 Å². The van der Waals surface area contributed by atoms with Gasteiger partial charge in [-0.1, -0.05) is 67.5 Å². The van der Waals surface area contributed by atoms with Crippen molar-refractivity contribution in [1.29, 1.82) is 0 Å². The molecule has 0 spiro atoms. The first-order chi connectivity index (χ1) is 15.0. The minimum absolute atomic E-state index is 0.142. The standard InChI is InChI=1S/C20H26N2O6.2C2H6/c1-19(2,20(3,4)18(27)22-10-9-16(22)24)13-5-7-14(8-6-13)21-15(23)11-28-12-17(25)26;2*1-2/h5-8H,9-12H2,1-4H3,(H,21,23)(H,25,26);2*1-2H3. The molecule has 32 heavy (non-hydrogen) atoms. The lowest BCUT2D eigenvalue weighted by Crippen LogP contribution is -2.57. The normalized spacial score (nSPS) is 13.0. The molecule has 0 bridgehead atoms.